The van der Waals surface area contributed by atoms with Crippen molar-refractivity contribution in [3.8, 4) is 0 Å². The topological polar surface area (TPSA) is 66.8 Å². The van der Waals surface area contributed by atoms with E-state index in [1.807, 2.05) is 12.1 Å². The van der Waals surface area contributed by atoms with Crippen LogP contribution in [0.2, 0.25) is 0 Å². The standard InChI is InChI=1S/C16H21NO4/c1-16(2,3)21-15(20)17-12-9-5-4-7-11(12)8-6-10-13(17)14(18)19/h4-5,7,9,13H,6,8,10H2,1-3H3,(H,18,19). The van der Waals surface area contributed by atoms with E-state index < -0.39 is 23.7 Å². The molecule has 0 bridgehead atoms. The van der Waals surface area contributed by atoms with Gasteiger partial charge >= 0.3 is 12.1 Å². The van der Waals surface area contributed by atoms with Crippen LogP contribution in [0.3, 0.4) is 0 Å². The van der Waals surface area contributed by atoms with Gasteiger partial charge in [0.15, 0.2) is 0 Å². The first-order valence-corrected chi connectivity index (χ1v) is 7.12. The zero-order chi connectivity index (χ0) is 15.6. The minimum atomic E-state index is -1.00. The zero-order valence-corrected chi connectivity index (χ0v) is 12.6. The quantitative estimate of drug-likeness (QED) is 0.862. The lowest BCUT2D eigenvalue weighted by Gasteiger charge is -2.31. The maximum absolute atomic E-state index is 12.5. The predicted octanol–water partition coefficient (Wildman–Crippen LogP) is 3.22. The second kappa shape index (κ2) is 5.76. The molecule has 114 valence electrons. The lowest BCUT2D eigenvalue weighted by Crippen LogP contribution is -2.47. The van der Waals surface area contributed by atoms with Gasteiger partial charge in [-0.2, -0.15) is 0 Å². The number of fused-ring (bicyclic) bond motifs is 1. The third kappa shape index (κ3) is 3.54. The molecule has 1 heterocycles. The number of aliphatic carboxylic acids is 1. The number of benzene rings is 1. The van der Waals surface area contributed by atoms with Crippen LogP contribution in [0.4, 0.5) is 10.5 Å². The number of carbonyl (C=O) groups is 2. The highest BCUT2D eigenvalue weighted by Gasteiger charge is 2.36. The molecule has 1 N–H and O–H groups in total. The molecule has 1 aliphatic rings. The van der Waals surface area contributed by atoms with E-state index >= 15 is 0 Å². The fourth-order valence-corrected chi connectivity index (χ4v) is 2.51. The van der Waals surface area contributed by atoms with Crippen molar-refractivity contribution in [2.45, 2.75) is 51.7 Å². The van der Waals surface area contributed by atoms with Crippen LogP contribution in [-0.4, -0.2) is 28.8 Å². The molecule has 0 saturated heterocycles. The van der Waals surface area contributed by atoms with Crippen molar-refractivity contribution in [3.05, 3.63) is 29.8 Å². The second-order valence-electron chi connectivity index (χ2n) is 6.23. The Hall–Kier alpha value is -2.04. The van der Waals surface area contributed by atoms with E-state index in [-0.39, 0.29) is 0 Å². The summed E-state index contributed by atoms with van der Waals surface area (Å²) in [6.45, 7) is 5.30. The summed E-state index contributed by atoms with van der Waals surface area (Å²) in [4.78, 5) is 25.3. The van der Waals surface area contributed by atoms with Crippen LogP contribution in [-0.2, 0) is 16.0 Å². The third-order valence-electron chi connectivity index (χ3n) is 3.36. The molecule has 1 amide bonds. The number of rotatable bonds is 1. The van der Waals surface area contributed by atoms with Crippen molar-refractivity contribution in [1.29, 1.82) is 0 Å². The fraction of sp³-hybridized carbons (Fsp3) is 0.500. The summed E-state index contributed by atoms with van der Waals surface area (Å²) in [6, 6.07) is 6.52. The van der Waals surface area contributed by atoms with Gasteiger partial charge in [0.1, 0.15) is 11.6 Å². The van der Waals surface area contributed by atoms with E-state index in [0.717, 1.165) is 18.4 Å². The number of anilines is 1. The molecule has 0 aromatic heterocycles. The molecule has 1 aliphatic heterocycles. The van der Waals surface area contributed by atoms with Gasteiger partial charge in [0.25, 0.3) is 0 Å². The smallest absolute Gasteiger partial charge is 0.415 e. The van der Waals surface area contributed by atoms with Gasteiger partial charge in [0.2, 0.25) is 0 Å². The molecular formula is C16H21NO4. The van der Waals surface area contributed by atoms with Gasteiger partial charge in [0, 0.05) is 0 Å². The average Bonchev–Trinajstić information content (AvgIpc) is 2.55. The highest BCUT2D eigenvalue weighted by molar-refractivity contribution is 5.96. The van der Waals surface area contributed by atoms with Gasteiger partial charge < -0.3 is 9.84 Å². The number of ether oxygens (including phenoxy) is 1. The van der Waals surface area contributed by atoms with Gasteiger partial charge in [-0.05, 0) is 51.7 Å². The molecule has 1 aromatic rings. The highest BCUT2D eigenvalue weighted by atomic mass is 16.6. The zero-order valence-electron chi connectivity index (χ0n) is 12.6. The molecule has 0 aliphatic carbocycles. The molecular weight excluding hydrogens is 270 g/mol. The van der Waals surface area contributed by atoms with Gasteiger partial charge in [-0.25, -0.2) is 9.59 Å². The second-order valence-corrected chi connectivity index (χ2v) is 6.23. The van der Waals surface area contributed by atoms with E-state index in [0.29, 0.717) is 12.1 Å². The number of carbonyl (C=O) groups excluding carboxylic acids is 1. The number of amides is 1. The van der Waals surface area contributed by atoms with Gasteiger partial charge in [0.05, 0.1) is 5.69 Å². The van der Waals surface area contributed by atoms with Gasteiger partial charge in [-0.1, -0.05) is 18.2 Å². The van der Waals surface area contributed by atoms with E-state index in [2.05, 4.69) is 0 Å². The Morgan fingerprint density at radius 2 is 1.95 bits per heavy atom. The number of hydrogen-bond donors (Lipinski definition) is 1. The van der Waals surface area contributed by atoms with Crippen LogP contribution >= 0.6 is 0 Å². The molecule has 2 rings (SSSR count). The van der Waals surface area contributed by atoms with Crippen LogP contribution in [0.5, 0.6) is 0 Å². The Morgan fingerprint density at radius 1 is 1.29 bits per heavy atom. The molecule has 1 unspecified atom stereocenters. The van der Waals surface area contributed by atoms with E-state index in [9.17, 15) is 14.7 Å². The largest absolute Gasteiger partial charge is 0.480 e. The first-order chi connectivity index (χ1) is 9.79. The van der Waals surface area contributed by atoms with Crippen molar-refractivity contribution in [1.82, 2.24) is 0 Å². The first kappa shape index (κ1) is 15.4. The predicted molar refractivity (Wildman–Crippen MR) is 79.5 cm³/mol. The van der Waals surface area contributed by atoms with Crippen molar-refractivity contribution >= 4 is 17.7 Å². The summed E-state index contributed by atoms with van der Waals surface area (Å²) in [5.74, 6) is -1.00. The number of aryl methyl sites for hydroxylation is 1. The fourth-order valence-electron chi connectivity index (χ4n) is 2.51. The monoisotopic (exact) mass is 291 g/mol. The molecule has 5 nitrogen and oxygen atoms in total. The summed E-state index contributed by atoms with van der Waals surface area (Å²) in [7, 11) is 0. The number of carboxylic acid groups (broad SMARTS) is 1. The van der Waals surface area contributed by atoms with Crippen LogP contribution in [0.25, 0.3) is 0 Å². The number of para-hydroxylation sites is 1. The molecule has 0 saturated carbocycles. The Morgan fingerprint density at radius 3 is 2.57 bits per heavy atom. The number of carboxylic acids is 1. The highest BCUT2D eigenvalue weighted by Crippen LogP contribution is 2.31. The minimum Gasteiger partial charge on any atom is -0.480 e. The molecule has 21 heavy (non-hydrogen) atoms. The van der Waals surface area contributed by atoms with E-state index in [1.54, 1.807) is 32.9 Å². The molecule has 0 radical (unpaired) electrons. The Balaban J connectivity index is 2.44. The summed E-state index contributed by atoms with van der Waals surface area (Å²) < 4.78 is 5.39. The van der Waals surface area contributed by atoms with Gasteiger partial charge in [-0.3, -0.25) is 4.90 Å². The average molecular weight is 291 g/mol. The summed E-state index contributed by atoms with van der Waals surface area (Å²) in [6.07, 6.45) is 1.31. The number of nitrogens with zero attached hydrogens (tertiary/aromatic N) is 1. The van der Waals surface area contributed by atoms with Crippen LogP contribution in [0.15, 0.2) is 24.3 Å². The Labute approximate surface area is 124 Å². The van der Waals surface area contributed by atoms with E-state index in [1.165, 1.54) is 4.90 Å². The molecule has 1 atom stereocenters. The van der Waals surface area contributed by atoms with Crippen LogP contribution < -0.4 is 4.90 Å². The third-order valence-corrected chi connectivity index (χ3v) is 3.36. The molecule has 0 fully saturated rings. The maximum Gasteiger partial charge on any atom is 0.415 e. The lowest BCUT2D eigenvalue weighted by molar-refractivity contribution is -0.138. The van der Waals surface area contributed by atoms with Crippen molar-refractivity contribution in [2.24, 2.45) is 0 Å². The summed E-state index contributed by atoms with van der Waals surface area (Å²) >= 11 is 0. The summed E-state index contributed by atoms with van der Waals surface area (Å²) in [5, 5.41) is 9.46. The van der Waals surface area contributed by atoms with Gasteiger partial charge in [-0.15, -0.1) is 0 Å². The Bertz CT molecular complexity index is 547. The minimum absolute atomic E-state index is 0.420. The molecule has 1 aromatic carbocycles. The molecule has 0 spiro atoms. The summed E-state index contributed by atoms with van der Waals surface area (Å²) in [5.41, 5.74) is 0.949. The molecule has 5 heteroatoms. The van der Waals surface area contributed by atoms with E-state index in [4.69, 9.17) is 4.74 Å². The van der Waals surface area contributed by atoms with Crippen molar-refractivity contribution in [2.75, 3.05) is 4.90 Å². The van der Waals surface area contributed by atoms with Crippen molar-refractivity contribution < 1.29 is 19.4 Å². The van der Waals surface area contributed by atoms with Crippen LogP contribution in [0.1, 0.15) is 39.2 Å². The van der Waals surface area contributed by atoms with Crippen molar-refractivity contribution in [3.63, 3.8) is 0 Å². The first-order valence-electron chi connectivity index (χ1n) is 7.12. The maximum atomic E-state index is 12.5. The Kier molecular flexibility index (Phi) is 4.21. The normalized spacial score (nSPS) is 18.6. The number of hydrogen-bond acceptors (Lipinski definition) is 3. The SMILES string of the molecule is CC(C)(C)OC(=O)N1c2ccccc2CCCC1C(=O)O. The lowest BCUT2D eigenvalue weighted by atomic mass is 10.1. The van der Waals surface area contributed by atoms with Crippen LogP contribution in [0, 0.1) is 0 Å².